The summed E-state index contributed by atoms with van der Waals surface area (Å²) in [6.45, 7) is 1.69. The molecule has 1 aromatic heterocycles. The molecule has 2 aromatic rings. The first kappa shape index (κ1) is 16.3. The fourth-order valence-corrected chi connectivity index (χ4v) is 4.69. The summed E-state index contributed by atoms with van der Waals surface area (Å²) in [7, 11) is -3.89. The number of rotatable bonds is 4. The van der Waals surface area contributed by atoms with Crippen LogP contribution in [-0.2, 0) is 10.0 Å². The summed E-state index contributed by atoms with van der Waals surface area (Å²) in [6, 6.07) is 5.67. The van der Waals surface area contributed by atoms with Crippen LogP contribution in [0.4, 0.5) is 5.69 Å². The van der Waals surface area contributed by atoms with Crippen LogP contribution in [-0.4, -0.2) is 19.5 Å². The van der Waals surface area contributed by atoms with Gasteiger partial charge in [0.2, 0.25) is 0 Å². The Labute approximate surface area is 138 Å². The molecule has 21 heavy (non-hydrogen) atoms. The third-order valence-electron chi connectivity index (χ3n) is 2.56. The molecule has 2 rings (SSSR count). The lowest BCUT2D eigenvalue weighted by molar-refractivity contribution is 0.0698. The molecule has 0 saturated heterocycles. The van der Waals surface area contributed by atoms with Crippen LogP contribution in [0.3, 0.4) is 0 Å². The van der Waals surface area contributed by atoms with E-state index >= 15 is 0 Å². The molecular weight excluding hydrogens is 402 g/mol. The summed E-state index contributed by atoms with van der Waals surface area (Å²) in [4.78, 5) is 11.1. The number of sulfonamides is 1. The van der Waals surface area contributed by atoms with Crippen molar-refractivity contribution in [1.82, 2.24) is 0 Å². The number of aryl methyl sites for hydroxylation is 1. The van der Waals surface area contributed by atoms with E-state index in [1.165, 1.54) is 24.3 Å². The van der Waals surface area contributed by atoms with Crippen molar-refractivity contribution in [3.05, 3.63) is 44.2 Å². The topological polar surface area (TPSA) is 83.5 Å². The van der Waals surface area contributed by atoms with Crippen molar-refractivity contribution >= 4 is 60.5 Å². The van der Waals surface area contributed by atoms with Gasteiger partial charge in [-0.1, -0.05) is 27.5 Å². The Morgan fingerprint density at radius 3 is 2.57 bits per heavy atom. The van der Waals surface area contributed by atoms with E-state index in [1.807, 2.05) is 0 Å². The maximum Gasteiger partial charge on any atom is 0.337 e. The number of nitrogens with one attached hydrogen (secondary N) is 1. The van der Waals surface area contributed by atoms with Gasteiger partial charge in [-0.25, -0.2) is 13.2 Å². The molecule has 0 aliphatic heterocycles. The molecular formula is C12H9BrClNO4S2. The summed E-state index contributed by atoms with van der Waals surface area (Å²) in [5.41, 5.74) is 0.495. The fourth-order valence-electron chi connectivity index (χ4n) is 1.55. The largest absolute Gasteiger partial charge is 0.478 e. The highest BCUT2D eigenvalue weighted by Gasteiger charge is 2.21. The Hall–Kier alpha value is -1.09. The van der Waals surface area contributed by atoms with Crippen molar-refractivity contribution < 1.29 is 18.3 Å². The van der Waals surface area contributed by atoms with E-state index in [1.54, 1.807) is 6.92 Å². The zero-order chi connectivity index (χ0) is 15.8. The summed E-state index contributed by atoms with van der Waals surface area (Å²) in [5, 5.41) is 9.10. The molecule has 5 nitrogen and oxygen atoms in total. The van der Waals surface area contributed by atoms with E-state index in [4.69, 9.17) is 16.7 Å². The van der Waals surface area contributed by atoms with Crippen LogP contribution in [0.1, 0.15) is 15.9 Å². The number of hydrogen-bond donors (Lipinski definition) is 2. The van der Waals surface area contributed by atoms with E-state index in [9.17, 15) is 13.2 Å². The van der Waals surface area contributed by atoms with Crippen LogP contribution in [0.2, 0.25) is 4.34 Å². The van der Waals surface area contributed by atoms with Gasteiger partial charge in [-0.15, -0.1) is 11.3 Å². The quantitative estimate of drug-likeness (QED) is 0.799. The van der Waals surface area contributed by atoms with Crippen LogP contribution >= 0.6 is 38.9 Å². The predicted octanol–water partition coefficient (Wildman–Crippen LogP) is 3.97. The molecule has 0 aliphatic carbocycles. The van der Waals surface area contributed by atoms with Gasteiger partial charge in [0.1, 0.15) is 4.21 Å². The van der Waals surface area contributed by atoms with Crippen LogP contribution in [0.25, 0.3) is 0 Å². The number of hydrogen-bond acceptors (Lipinski definition) is 4. The summed E-state index contributed by atoms with van der Waals surface area (Å²) < 4.78 is 27.8. The van der Waals surface area contributed by atoms with Gasteiger partial charge in [0.05, 0.1) is 15.6 Å². The lowest BCUT2D eigenvalue weighted by atomic mass is 10.2. The first-order valence-corrected chi connectivity index (χ1v) is 8.99. The summed E-state index contributed by atoms with van der Waals surface area (Å²) in [5.74, 6) is -1.22. The Kier molecular flexibility index (Phi) is 4.62. The lowest BCUT2D eigenvalue weighted by Gasteiger charge is -2.09. The van der Waals surface area contributed by atoms with E-state index in [0.717, 1.165) is 11.3 Å². The van der Waals surface area contributed by atoms with Gasteiger partial charge >= 0.3 is 5.97 Å². The van der Waals surface area contributed by atoms with Crippen molar-refractivity contribution in [2.24, 2.45) is 0 Å². The summed E-state index contributed by atoms with van der Waals surface area (Å²) in [6.07, 6.45) is 0. The number of thiophene rings is 1. The van der Waals surface area contributed by atoms with Crippen LogP contribution in [0.5, 0.6) is 0 Å². The summed E-state index contributed by atoms with van der Waals surface area (Å²) >= 11 is 9.96. The van der Waals surface area contributed by atoms with Gasteiger partial charge in [-0.2, -0.15) is 0 Å². The van der Waals surface area contributed by atoms with Gasteiger partial charge < -0.3 is 5.11 Å². The second kappa shape index (κ2) is 5.96. The van der Waals surface area contributed by atoms with E-state index < -0.39 is 16.0 Å². The Bertz CT molecular complexity index is 797. The third-order valence-corrected chi connectivity index (χ3v) is 6.44. The van der Waals surface area contributed by atoms with E-state index in [0.29, 0.717) is 14.4 Å². The number of carbonyl (C=O) groups is 1. The molecule has 0 amide bonds. The SMILES string of the molecule is Cc1cc(S(=O)(=O)Nc2cc(Br)ccc2C(=O)O)sc1Cl. The average Bonchev–Trinajstić information content (AvgIpc) is 2.69. The van der Waals surface area contributed by atoms with Gasteiger partial charge in [0.25, 0.3) is 10.0 Å². The first-order valence-electron chi connectivity index (χ1n) is 5.52. The molecule has 1 aromatic carbocycles. The maximum absolute atomic E-state index is 12.3. The smallest absolute Gasteiger partial charge is 0.337 e. The molecule has 9 heteroatoms. The number of benzene rings is 1. The standard InChI is InChI=1S/C12H9BrClNO4S2/c1-6-4-10(20-11(6)14)21(18,19)15-9-5-7(13)2-3-8(9)12(16)17/h2-5,15H,1H3,(H,16,17). The second-order valence-electron chi connectivity index (χ2n) is 4.12. The highest BCUT2D eigenvalue weighted by atomic mass is 79.9. The minimum absolute atomic E-state index is 0.0148. The molecule has 0 atom stereocenters. The predicted molar refractivity (Wildman–Crippen MR) is 86.0 cm³/mol. The van der Waals surface area contributed by atoms with Crippen LogP contribution in [0, 0.1) is 6.92 Å². The van der Waals surface area contributed by atoms with Crippen molar-refractivity contribution in [1.29, 1.82) is 0 Å². The zero-order valence-corrected chi connectivity index (χ0v) is 14.5. The van der Waals surface area contributed by atoms with E-state index in [2.05, 4.69) is 20.7 Å². The zero-order valence-electron chi connectivity index (χ0n) is 10.6. The molecule has 0 spiro atoms. The van der Waals surface area contributed by atoms with Gasteiger partial charge in [0, 0.05) is 4.47 Å². The Morgan fingerprint density at radius 1 is 1.38 bits per heavy atom. The number of anilines is 1. The highest BCUT2D eigenvalue weighted by Crippen LogP contribution is 2.32. The van der Waals surface area contributed by atoms with Crippen molar-refractivity contribution in [3.8, 4) is 0 Å². The molecule has 0 radical (unpaired) electrons. The number of aromatic carboxylic acids is 1. The fraction of sp³-hybridized carbons (Fsp3) is 0.0833. The average molecular weight is 411 g/mol. The normalized spacial score (nSPS) is 11.4. The van der Waals surface area contributed by atoms with E-state index in [-0.39, 0.29) is 15.5 Å². The molecule has 0 bridgehead atoms. The minimum atomic E-state index is -3.89. The van der Waals surface area contributed by atoms with Crippen molar-refractivity contribution in [2.45, 2.75) is 11.1 Å². The first-order chi connectivity index (χ1) is 9.70. The van der Waals surface area contributed by atoms with Gasteiger partial charge in [0.15, 0.2) is 0 Å². The molecule has 2 N–H and O–H groups in total. The minimum Gasteiger partial charge on any atom is -0.478 e. The molecule has 112 valence electrons. The monoisotopic (exact) mass is 409 g/mol. The maximum atomic E-state index is 12.3. The molecule has 1 heterocycles. The van der Waals surface area contributed by atoms with Crippen molar-refractivity contribution in [2.75, 3.05) is 4.72 Å². The molecule has 0 unspecified atom stereocenters. The number of carboxylic acid groups (broad SMARTS) is 1. The Morgan fingerprint density at radius 2 is 2.05 bits per heavy atom. The molecule has 0 fully saturated rings. The second-order valence-corrected chi connectivity index (χ2v) is 8.60. The van der Waals surface area contributed by atoms with Crippen LogP contribution < -0.4 is 4.72 Å². The van der Waals surface area contributed by atoms with Gasteiger partial charge in [-0.05, 0) is 36.8 Å². The Balaban J connectivity index is 2.45. The number of carboxylic acids is 1. The third kappa shape index (κ3) is 3.57. The van der Waals surface area contributed by atoms with Crippen LogP contribution in [0.15, 0.2) is 32.9 Å². The lowest BCUT2D eigenvalue weighted by Crippen LogP contribution is -2.14. The molecule has 0 saturated carbocycles. The van der Waals surface area contributed by atoms with Gasteiger partial charge in [-0.3, -0.25) is 4.72 Å². The highest BCUT2D eigenvalue weighted by molar-refractivity contribution is 9.10. The molecule has 0 aliphatic rings. The number of halogens is 2. The van der Waals surface area contributed by atoms with Crippen molar-refractivity contribution in [3.63, 3.8) is 0 Å².